The molecule has 0 aliphatic rings. The van der Waals surface area contributed by atoms with Gasteiger partial charge in [0, 0.05) is 24.9 Å². The highest BCUT2D eigenvalue weighted by Crippen LogP contribution is 2.22. The lowest BCUT2D eigenvalue weighted by molar-refractivity contribution is -0.129. The predicted octanol–water partition coefficient (Wildman–Crippen LogP) is 3.74. The number of rotatable bonds is 7. The fourth-order valence-corrected chi connectivity index (χ4v) is 4.06. The van der Waals surface area contributed by atoms with Crippen LogP contribution in [-0.2, 0) is 17.8 Å². The van der Waals surface area contributed by atoms with Crippen LogP contribution in [0.1, 0.15) is 23.2 Å². The number of benzene rings is 1. The molecule has 1 aromatic carbocycles. The molecule has 1 N–H and O–H groups in total. The van der Waals surface area contributed by atoms with Crippen molar-refractivity contribution in [2.24, 2.45) is 0 Å². The summed E-state index contributed by atoms with van der Waals surface area (Å²) in [6.07, 6.45) is 0.701. The van der Waals surface area contributed by atoms with Gasteiger partial charge in [-0.25, -0.2) is 9.37 Å². The first-order valence-corrected chi connectivity index (χ1v) is 9.87. The van der Waals surface area contributed by atoms with E-state index in [1.165, 1.54) is 28.8 Å². The van der Waals surface area contributed by atoms with Crippen LogP contribution in [0.2, 0.25) is 0 Å². The summed E-state index contributed by atoms with van der Waals surface area (Å²) >= 11 is 2.98. The second-order valence-electron chi connectivity index (χ2n) is 5.91. The summed E-state index contributed by atoms with van der Waals surface area (Å²) in [6, 6.07) is 10.3. The van der Waals surface area contributed by atoms with Crippen molar-refractivity contribution in [1.82, 2.24) is 20.1 Å². The Kier molecular flexibility index (Phi) is 6.05. The molecule has 1 atom stereocenters. The summed E-state index contributed by atoms with van der Waals surface area (Å²) in [5.74, 6) is 0.427. The molecule has 0 unspecified atom stereocenters. The summed E-state index contributed by atoms with van der Waals surface area (Å²) in [4.78, 5) is 19.8. The molecule has 2 aromatic heterocycles. The number of nitrogens with one attached hydrogen (secondary N) is 1. The first-order chi connectivity index (χ1) is 12.5. The molecule has 8 heteroatoms. The SMILES string of the molecule is C[C@H](Sc1n[nH]c(Cc2cccs2)n1)C(=O)N(C)Cc1cccc(F)c1. The standard InChI is InChI=1S/C18H19FN4OS2/c1-12(17(24)23(2)11-13-5-3-6-14(19)9-13)26-18-20-16(21-22-18)10-15-7-4-8-25-15/h3-9,12H,10-11H2,1-2H3,(H,20,21,22)/t12-/m0/s1. The van der Waals surface area contributed by atoms with Gasteiger partial charge >= 0.3 is 0 Å². The molecule has 0 fully saturated rings. The van der Waals surface area contributed by atoms with Crippen LogP contribution in [0.5, 0.6) is 0 Å². The second kappa shape index (κ2) is 8.46. The molecular weight excluding hydrogens is 371 g/mol. The van der Waals surface area contributed by atoms with Gasteiger partial charge in [0.15, 0.2) is 0 Å². The molecular formula is C18H19FN4OS2. The third kappa shape index (κ3) is 4.92. The van der Waals surface area contributed by atoms with E-state index in [9.17, 15) is 9.18 Å². The molecule has 2 heterocycles. The summed E-state index contributed by atoms with van der Waals surface area (Å²) < 4.78 is 13.3. The van der Waals surface area contributed by atoms with Crippen LogP contribution in [-0.4, -0.2) is 38.3 Å². The molecule has 0 aliphatic carbocycles. The maximum Gasteiger partial charge on any atom is 0.235 e. The number of hydrogen-bond acceptors (Lipinski definition) is 5. The third-order valence-corrected chi connectivity index (χ3v) is 5.57. The van der Waals surface area contributed by atoms with E-state index in [2.05, 4.69) is 15.2 Å². The predicted molar refractivity (Wildman–Crippen MR) is 102 cm³/mol. The third-order valence-electron chi connectivity index (χ3n) is 3.75. The molecule has 136 valence electrons. The zero-order chi connectivity index (χ0) is 18.5. The van der Waals surface area contributed by atoms with Crippen molar-refractivity contribution >= 4 is 29.0 Å². The number of carbonyl (C=O) groups is 1. The number of carbonyl (C=O) groups excluding carboxylic acids is 1. The number of aromatic amines is 1. The number of nitrogens with zero attached hydrogens (tertiary/aromatic N) is 3. The Balaban J connectivity index is 1.56. The number of aromatic nitrogens is 3. The average molecular weight is 391 g/mol. The van der Waals surface area contributed by atoms with E-state index >= 15 is 0 Å². The van der Waals surface area contributed by atoms with Gasteiger partial charge < -0.3 is 4.90 Å². The van der Waals surface area contributed by atoms with Gasteiger partial charge in [0.2, 0.25) is 11.1 Å². The van der Waals surface area contributed by atoms with Crippen LogP contribution in [0, 0.1) is 5.82 Å². The van der Waals surface area contributed by atoms with Crippen LogP contribution in [0.4, 0.5) is 4.39 Å². The van der Waals surface area contributed by atoms with E-state index in [-0.39, 0.29) is 17.0 Å². The van der Waals surface area contributed by atoms with E-state index in [0.717, 1.165) is 11.4 Å². The Morgan fingerprint density at radius 2 is 2.23 bits per heavy atom. The second-order valence-corrected chi connectivity index (χ2v) is 8.25. The molecule has 0 spiro atoms. The van der Waals surface area contributed by atoms with Gasteiger partial charge in [-0.2, -0.15) is 0 Å². The number of halogens is 1. The minimum absolute atomic E-state index is 0.0520. The Bertz CT molecular complexity index is 866. The Morgan fingerprint density at radius 3 is 2.96 bits per heavy atom. The van der Waals surface area contributed by atoms with Gasteiger partial charge in [-0.3, -0.25) is 9.89 Å². The quantitative estimate of drug-likeness (QED) is 0.625. The minimum Gasteiger partial charge on any atom is -0.340 e. The topological polar surface area (TPSA) is 61.9 Å². The van der Waals surface area contributed by atoms with Crippen molar-refractivity contribution in [1.29, 1.82) is 0 Å². The summed E-state index contributed by atoms with van der Waals surface area (Å²) in [5, 5.41) is 9.35. The van der Waals surface area contributed by atoms with Crippen molar-refractivity contribution < 1.29 is 9.18 Å². The van der Waals surface area contributed by atoms with Crippen LogP contribution >= 0.6 is 23.1 Å². The van der Waals surface area contributed by atoms with Gasteiger partial charge in [0.05, 0.1) is 5.25 Å². The molecule has 0 bridgehead atoms. The lowest BCUT2D eigenvalue weighted by Gasteiger charge is -2.20. The van der Waals surface area contributed by atoms with Crippen LogP contribution in [0.25, 0.3) is 0 Å². The lowest BCUT2D eigenvalue weighted by Crippen LogP contribution is -2.32. The van der Waals surface area contributed by atoms with Crippen molar-refractivity contribution in [3.8, 4) is 0 Å². The van der Waals surface area contributed by atoms with E-state index in [1.54, 1.807) is 35.4 Å². The molecule has 26 heavy (non-hydrogen) atoms. The molecule has 0 aliphatic heterocycles. The molecule has 0 saturated heterocycles. The highest BCUT2D eigenvalue weighted by molar-refractivity contribution is 8.00. The molecule has 1 amide bonds. The Morgan fingerprint density at radius 1 is 1.38 bits per heavy atom. The highest BCUT2D eigenvalue weighted by Gasteiger charge is 2.21. The summed E-state index contributed by atoms with van der Waals surface area (Å²) in [6.45, 7) is 2.18. The van der Waals surface area contributed by atoms with Gasteiger partial charge in [-0.05, 0) is 36.1 Å². The van der Waals surface area contributed by atoms with E-state index in [4.69, 9.17) is 0 Å². The van der Waals surface area contributed by atoms with Gasteiger partial charge in [-0.1, -0.05) is 30.0 Å². The fraction of sp³-hybridized carbons (Fsp3) is 0.278. The van der Waals surface area contributed by atoms with Crippen molar-refractivity contribution in [3.05, 3.63) is 63.9 Å². The average Bonchev–Trinajstić information content (AvgIpc) is 3.26. The first-order valence-electron chi connectivity index (χ1n) is 8.11. The Hall–Kier alpha value is -2.19. The van der Waals surface area contributed by atoms with Gasteiger partial charge in [0.25, 0.3) is 0 Å². The maximum atomic E-state index is 13.3. The molecule has 5 nitrogen and oxygen atoms in total. The highest BCUT2D eigenvalue weighted by atomic mass is 32.2. The van der Waals surface area contributed by atoms with Gasteiger partial charge in [-0.15, -0.1) is 16.4 Å². The van der Waals surface area contributed by atoms with E-state index in [0.29, 0.717) is 18.1 Å². The molecule has 0 radical (unpaired) electrons. The van der Waals surface area contributed by atoms with Crippen LogP contribution in [0.3, 0.4) is 0 Å². The molecule has 3 rings (SSSR count). The number of thiophene rings is 1. The van der Waals surface area contributed by atoms with Crippen molar-refractivity contribution in [2.75, 3.05) is 7.05 Å². The summed E-state index contributed by atoms with van der Waals surface area (Å²) in [5.41, 5.74) is 0.758. The molecule has 3 aromatic rings. The zero-order valence-electron chi connectivity index (χ0n) is 14.5. The first kappa shape index (κ1) is 18.6. The normalized spacial score (nSPS) is 12.1. The lowest BCUT2D eigenvalue weighted by atomic mass is 10.2. The van der Waals surface area contributed by atoms with E-state index in [1.807, 2.05) is 24.4 Å². The van der Waals surface area contributed by atoms with Crippen molar-refractivity contribution in [3.63, 3.8) is 0 Å². The summed E-state index contributed by atoms with van der Waals surface area (Å²) in [7, 11) is 1.71. The van der Waals surface area contributed by atoms with Gasteiger partial charge in [0.1, 0.15) is 11.6 Å². The maximum absolute atomic E-state index is 13.3. The van der Waals surface area contributed by atoms with Crippen LogP contribution < -0.4 is 0 Å². The number of amides is 1. The number of thioether (sulfide) groups is 1. The number of hydrogen-bond donors (Lipinski definition) is 1. The largest absolute Gasteiger partial charge is 0.340 e. The minimum atomic E-state index is -0.334. The van der Waals surface area contributed by atoms with Crippen LogP contribution in [0.15, 0.2) is 46.9 Å². The Labute approximate surface area is 159 Å². The van der Waals surface area contributed by atoms with E-state index < -0.39 is 0 Å². The molecule has 0 saturated carbocycles. The zero-order valence-corrected chi connectivity index (χ0v) is 16.1. The fourth-order valence-electron chi connectivity index (χ4n) is 2.49. The monoisotopic (exact) mass is 390 g/mol. The smallest absolute Gasteiger partial charge is 0.235 e. The number of H-pyrrole nitrogens is 1. The van der Waals surface area contributed by atoms with Crippen molar-refractivity contribution in [2.45, 2.75) is 30.3 Å².